The standard InChI is InChI=1S/C8H7BrClF2NO/c1-14-6-2-4(9)7(8(11)12)5(3-10)13-6/h2,8H,3H2,1H3. The number of rotatable bonds is 3. The molecule has 1 aromatic rings. The number of nitrogens with zero attached hydrogens (tertiary/aromatic N) is 1. The van der Waals surface area contributed by atoms with Gasteiger partial charge in [-0.05, 0) is 0 Å². The molecule has 0 aromatic carbocycles. The van der Waals surface area contributed by atoms with Crippen LogP contribution in [-0.2, 0) is 5.88 Å². The van der Waals surface area contributed by atoms with E-state index in [0.717, 1.165) is 0 Å². The van der Waals surface area contributed by atoms with Crippen molar-refractivity contribution in [2.24, 2.45) is 0 Å². The van der Waals surface area contributed by atoms with Crippen LogP contribution in [0.15, 0.2) is 10.5 Å². The number of halogens is 4. The Kier molecular flexibility index (Phi) is 4.07. The first-order valence-electron chi connectivity index (χ1n) is 3.67. The molecule has 0 atom stereocenters. The number of aromatic nitrogens is 1. The largest absolute Gasteiger partial charge is 0.481 e. The molecule has 0 spiro atoms. The van der Waals surface area contributed by atoms with E-state index in [0.29, 0.717) is 0 Å². The van der Waals surface area contributed by atoms with Gasteiger partial charge in [0.2, 0.25) is 5.88 Å². The summed E-state index contributed by atoms with van der Waals surface area (Å²) in [6.45, 7) is 0. The van der Waals surface area contributed by atoms with Crippen LogP contribution in [0.1, 0.15) is 17.7 Å². The molecule has 0 N–H and O–H groups in total. The van der Waals surface area contributed by atoms with E-state index in [2.05, 4.69) is 20.9 Å². The zero-order chi connectivity index (χ0) is 10.7. The maximum Gasteiger partial charge on any atom is 0.266 e. The van der Waals surface area contributed by atoms with Gasteiger partial charge in [-0.3, -0.25) is 0 Å². The normalized spacial score (nSPS) is 10.7. The van der Waals surface area contributed by atoms with Gasteiger partial charge < -0.3 is 4.74 Å². The Morgan fingerprint density at radius 2 is 2.29 bits per heavy atom. The van der Waals surface area contributed by atoms with Crippen LogP contribution >= 0.6 is 27.5 Å². The van der Waals surface area contributed by atoms with Gasteiger partial charge in [-0.1, -0.05) is 15.9 Å². The molecule has 78 valence electrons. The highest BCUT2D eigenvalue weighted by atomic mass is 79.9. The number of alkyl halides is 3. The molecule has 1 aromatic heterocycles. The molecule has 2 nitrogen and oxygen atoms in total. The first kappa shape index (κ1) is 11.7. The lowest BCUT2D eigenvalue weighted by Crippen LogP contribution is -2.00. The molecule has 1 heterocycles. The Morgan fingerprint density at radius 3 is 2.71 bits per heavy atom. The van der Waals surface area contributed by atoms with Gasteiger partial charge in [-0.25, -0.2) is 13.8 Å². The number of methoxy groups -OCH3 is 1. The monoisotopic (exact) mass is 285 g/mol. The van der Waals surface area contributed by atoms with Crippen molar-refractivity contribution in [2.75, 3.05) is 7.11 Å². The number of pyridine rings is 1. The lowest BCUT2D eigenvalue weighted by atomic mass is 10.2. The summed E-state index contributed by atoms with van der Waals surface area (Å²) in [7, 11) is 1.41. The third-order valence-corrected chi connectivity index (χ3v) is 2.53. The van der Waals surface area contributed by atoms with Gasteiger partial charge in [0.15, 0.2) is 0 Å². The second-order valence-electron chi connectivity index (χ2n) is 2.44. The van der Waals surface area contributed by atoms with Crippen molar-refractivity contribution in [3.63, 3.8) is 0 Å². The quantitative estimate of drug-likeness (QED) is 0.793. The minimum Gasteiger partial charge on any atom is -0.481 e. The van der Waals surface area contributed by atoms with Crippen LogP contribution in [0.4, 0.5) is 8.78 Å². The van der Waals surface area contributed by atoms with Gasteiger partial charge >= 0.3 is 0 Å². The molecule has 0 unspecified atom stereocenters. The Bertz CT molecular complexity index is 335. The lowest BCUT2D eigenvalue weighted by molar-refractivity contribution is 0.149. The zero-order valence-electron chi connectivity index (χ0n) is 7.23. The fourth-order valence-corrected chi connectivity index (χ4v) is 1.79. The minimum atomic E-state index is -2.60. The smallest absolute Gasteiger partial charge is 0.266 e. The fraction of sp³-hybridized carbons (Fsp3) is 0.375. The van der Waals surface area contributed by atoms with Crippen LogP contribution in [0.25, 0.3) is 0 Å². The van der Waals surface area contributed by atoms with Crippen LogP contribution in [0.2, 0.25) is 0 Å². The lowest BCUT2D eigenvalue weighted by Gasteiger charge is -2.09. The summed E-state index contributed by atoms with van der Waals surface area (Å²) in [6, 6.07) is 1.39. The van der Waals surface area contributed by atoms with Crippen molar-refractivity contribution in [3.8, 4) is 5.88 Å². The highest BCUT2D eigenvalue weighted by Gasteiger charge is 2.19. The highest BCUT2D eigenvalue weighted by Crippen LogP contribution is 2.32. The topological polar surface area (TPSA) is 22.1 Å². The maximum atomic E-state index is 12.5. The highest BCUT2D eigenvalue weighted by molar-refractivity contribution is 9.10. The Hall–Kier alpha value is -0.420. The van der Waals surface area contributed by atoms with Crippen molar-refractivity contribution < 1.29 is 13.5 Å². The van der Waals surface area contributed by atoms with E-state index in [1.165, 1.54) is 13.2 Å². The average molecular weight is 287 g/mol. The van der Waals surface area contributed by atoms with Gasteiger partial charge in [0, 0.05) is 10.5 Å². The summed E-state index contributed by atoms with van der Waals surface area (Å²) in [5.74, 6) is 0.187. The third kappa shape index (κ3) is 2.33. The molecule has 0 amide bonds. The van der Waals surface area contributed by atoms with Gasteiger partial charge in [0.05, 0.1) is 24.2 Å². The third-order valence-electron chi connectivity index (χ3n) is 1.62. The van der Waals surface area contributed by atoms with E-state index in [4.69, 9.17) is 16.3 Å². The SMILES string of the molecule is COc1cc(Br)c(C(F)F)c(CCl)n1. The molecule has 0 bridgehead atoms. The van der Waals surface area contributed by atoms with Gasteiger partial charge in [0.1, 0.15) is 0 Å². The Balaban J connectivity index is 3.27. The number of hydrogen-bond acceptors (Lipinski definition) is 2. The minimum absolute atomic E-state index is 0.0739. The molecular weight excluding hydrogens is 279 g/mol. The van der Waals surface area contributed by atoms with Crippen molar-refractivity contribution >= 4 is 27.5 Å². The molecule has 0 radical (unpaired) electrons. The zero-order valence-corrected chi connectivity index (χ0v) is 9.57. The molecule has 0 aliphatic rings. The summed E-state index contributed by atoms with van der Waals surface area (Å²) in [6.07, 6.45) is -2.60. The van der Waals surface area contributed by atoms with Gasteiger partial charge in [0.25, 0.3) is 6.43 Å². The van der Waals surface area contributed by atoms with E-state index in [1.54, 1.807) is 0 Å². The van der Waals surface area contributed by atoms with Crippen molar-refractivity contribution in [1.82, 2.24) is 4.98 Å². The molecule has 6 heteroatoms. The maximum absolute atomic E-state index is 12.5. The summed E-state index contributed by atoms with van der Waals surface area (Å²) in [5.41, 5.74) is -0.0475. The number of hydrogen-bond donors (Lipinski definition) is 0. The molecule has 0 fully saturated rings. The molecule has 0 saturated carbocycles. The second kappa shape index (κ2) is 4.89. The van der Waals surface area contributed by atoms with E-state index in [9.17, 15) is 8.78 Å². The summed E-state index contributed by atoms with van der Waals surface area (Å²) in [5, 5.41) is 0. The van der Waals surface area contributed by atoms with E-state index in [-0.39, 0.29) is 27.5 Å². The van der Waals surface area contributed by atoms with Crippen LogP contribution in [0, 0.1) is 0 Å². The molecule has 0 aliphatic carbocycles. The predicted octanol–water partition coefficient (Wildman–Crippen LogP) is 3.53. The Labute approximate surface area is 93.4 Å². The molecule has 0 saturated heterocycles. The van der Waals surface area contributed by atoms with E-state index >= 15 is 0 Å². The van der Waals surface area contributed by atoms with Gasteiger partial charge in [-0.2, -0.15) is 0 Å². The Morgan fingerprint density at radius 1 is 1.64 bits per heavy atom. The van der Waals surface area contributed by atoms with Crippen LogP contribution in [-0.4, -0.2) is 12.1 Å². The summed E-state index contributed by atoms with van der Waals surface area (Å²) < 4.78 is 30.2. The number of ether oxygens (including phenoxy) is 1. The van der Waals surface area contributed by atoms with Crippen LogP contribution in [0.5, 0.6) is 5.88 Å². The van der Waals surface area contributed by atoms with Crippen LogP contribution < -0.4 is 4.74 Å². The van der Waals surface area contributed by atoms with Crippen molar-refractivity contribution in [3.05, 3.63) is 21.8 Å². The second-order valence-corrected chi connectivity index (χ2v) is 3.56. The predicted molar refractivity (Wildman–Crippen MR) is 53.0 cm³/mol. The first-order chi connectivity index (χ1) is 6.60. The molecule has 0 aliphatic heterocycles. The fourth-order valence-electron chi connectivity index (χ4n) is 0.986. The van der Waals surface area contributed by atoms with E-state index < -0.39 is 6.43 Å². The van der Waals surface area contributed by atoms with Crippen molar-refractivity contribution in [1.29, 1.82) is 0 Å². The van der Waals surface area contributed by atoms with E-state index in [1.807, 2.05) is 0 Å². The van der Waals surface area contributed by atoms with Crippen LogP contribution in [0.3, 0.4) is 0 Å². The molecular formula is C8H7BrClF2NO. The average Bonchev–Trinajstić information content (AvgIpc) is 2.15. The summed E-state index contributed by atoms with van der Waals surface area (Å²) >= 11 is 8.53. The first-order valence-corrected chi connectivity index (χ1v) is 5.00. The summed E-state index contributed by atoms with van der Waals surface area (Å²) in [4.78, 5) is 3.83. The van der Waals surface area contributed by atoms with Crippen molar-refractivity contribution in [2.45, 2.75) is 12.3 Å². The molecule has 14 heavy (non-hydrogen) atoms. The molecule has 1 rings (SSSR count). The van der Waals surface area contributed by atoms with Gasteiger partial charge in [-0.15, -0.1) is 11.6 Å².